The van der Waals surface area contributed by atoms with Crippen LogP contribution in [0.25, 0.3) is 11.0 Å². The number of hydrogen-bond donors (Lipinski definition) is 2. The number of amides is 1. The molecule has 0 aliphatic carbocycles. The van der Waals surface area contributed by atoms with Crippen molar-refractivity contribution >= 4 is 22.8 Å². The molecule has 0 aliphatic rings. The van der Waals surface area contributed by atoms with Crippen LogP contribution in [-0.4, -0.2) is 37.2 Å². The molecule has 2 rings (SSSR count). The molecule has 0 saturated carbocycles. The molecule has 28 heavy (non-hydrogen) atoms. The number of hydrogen-bond acceptors (Lipinski definition) is 6. The Bertz CT molecular complexity index is 932. The number of benzene rings is 1. The molecule has 0 radical (unpaired) electrons. The van der Waals surface area contributed by atoms with Crippen molar-refractivity contribution < 1.29 is 28.6 Å². The molecule has 0 fully saturated rings. The number of carboxylic acids is 1. The third-order valence-corrected chi connectivity index (χ3v) is 4.59. The van der Waals surface area contributed by atoms with Gasteiger partial charge in [-0.1, -0.05) is 19.8 Å². The number of methoxy groups -OCH3 is 2. The maximum Gasteiger partial charge on any atom is 0.340 e. The summed E-state index contributed by atoms with van der Waals surface area (Å²) in [5.41, 5.74) is 0.333. The van der Waals surface area contributed by atoms with Gasteiger partial charge in [0.25, 0.3) is 0 Å². The second-order valence-corrected chi connectivity index (χ2v) is 6.47. The smallest absolute Gasteiger partial charge is 0.340 e. The van der Waals surface area contributed by atoms with Crippen LogP contribution < -0.4 is 20.4 Å². The molecule has 152 valence electrons. The van der Waals surface area contributed by atoms with Crippen LogP contribution in [0.4, 0.5) is 0 Å². The van der Waals surface area contributed by atoms with E-state index in [4.69, 9.17) is 13.9 Å². The Labute approximate surface area is 162 Å². The quantitative estimate of drug-likeness (QED) is 0.631. The predicted octanol–water partition coefficient (Wildman–Crippen LogP) is 2.42. The molecule has 2 aromatic rings. The van der Waals surface area contributed by atoms with Crippen molar-refractivity contribution in [3.05, 3.63) is 33.7 Å². The number of nitrogens with one attached hydrogen (secondary N) is 1. The van der Waals surface area contributed by atoms with Gasteiger partial charge in [-0.2, -0.15) is 0 Å². The third-order valence-electron chi connectivity index (χ3n) is 4.59. The van der Waals surface area contributed by atoms with Gasteiger partial charge in [0.1, 0.15) is 23.1 Å². The normalized spacial score (nSPS) is 11.9. The lowest BCUT2D eigenvalue weighted by Crippen LogP contribution is -2.42. The zero-order valence-corrected chi connectivity index (χ0v) is 16.5. The van der Waals surface area contributed by atoms with Crippen molar-refractivity contribution in [2.24, 2.45) is 0 Å². The van der Waals surface area contributed by atoms with E-state index in [9.17, 15) is 19.5 Å². The average molecular weight is 391 g/mol. The van der Waals surface area contributed by atoms with Crippen LogP contribution in [0.3, 0.4) is 0 Å². The minimum atomic E-state index is -1.10. The van der Waals surface area contributed by atoms with E-state index >= 15 is 0 Å². The fraction of sp³-hybridized carbons (Fsp3) is 0.450. The average Bonchev–Trinajstić information content (AvgIpc) is 2.66. The lowest BCUT2D eigenvalue weighted by Gasteiger charge is -2.15. The summed E-state index contributed by atoms with van der Waals surface area (Å²) in [4.78, 5) is 36.1. The Morgan fingerprint density at radius 1 is 1.25 bits per heavy atom. The molecular weight excluding hydrogens is 366 g/mol. The number of fused-ring (bicyclic) bond motifs is 1. The maximum atomic E-state index is 12.4. The number of unbranched alkanes of at least 4 members (excludes halogenated alkanes) is 1. The number of aliphatic carboxylic acids is 1. The molecule has 1 heterocycles. The summed E-state index contributed by atoms with van der Waals surface area (Å²) in [6, 6.07) is 2.24. The van der Waals surface area contributed by atoms with Gasteiger partial charge in [-0.25, -0.2) is 9.59 Å². The van der Waals surface area contributed by atoms with Gasteiger partial charge in [-0.15, -0.1) is 0 Å². The number of rotatable bonds is 9. The zero-order chi connectivity index (χ0) is 20.8. The minimum Gasteiger partial charge on any atom is -0.496 e. The Balaban J connectivity index is 2.38. The minimum absolute atomic E-state index is 0.160. The van der Waals surface area contributed by atoms with E-state index in [-0.39, 0.29) is 17.6 Å². The highest BCUT2D eigenvalue weighted by Crippen LogP contribution is 2.33. The van der Waals surface area contributed by atoms with Gasteiger partial charge in [-0.3, -0.25) is 4.79 Å². The highest BCUT2D eigenvalue weighted by atomic mass is 16.5. The third kappa shape index (κ3) is 4.62. The van der Waals surface area contributed by atoms with Gasteiger partial charge >= 0.3 is 11.6 Å². The molecule has 0 unspecified atom stereocenters. The van der Waals surface area contributed by atoms with Gasteiger partial charge in [0.05, 0.1) is 31.6 Å². The summed E-state index contributed by atoms with van der Waals surface area (Å²) >= 11 is 0. The summed E-state index contributed by atoms with van der Waals surface area (Å²) in [6.07, 6.45) is 1.54. The van der Waals surface area contributed by atoms with E-state index in [1.807, 2.05) is 6.92 Å². The topological polar surface area (TPSA) is 115 Å². The maximum absolute atomic E-state index is 12.4. The number of carboxylic acid groups (broad SMARTS) is 1. The van der Waals surface area contributed by atoms with Crippen LogP contribution in [-0.2, 0) is 16.0 Å². The fourth-order valence-corrected chi connectivity index (χ4v) is 3.04. The molecule has 1 atom stereocenters. The van der Waals surface area contributed by atoms with E-state index in [0.29, 0.717) is 35.3 Å². The standard InChI is InChI=1S/C20H25NO7/c1-5-6-7-14(19(23)24)21-17(22)10-13-11(2)18-15(27-4)8-12(26-3)9-16(18)28-20(13)25/h8-9,14H,5-7,10H2,1-4H3,(H,21,22)(H,23,24)/t14-/m0/s1. The first-order valence-corrected chi connectivity index (χ1v) is 9.02. The number of aryl methyl sites for hydroxylation is 1. The summed E-state index contributed by atoms with van der Waals surface area (Å²) < 4.78 is 15.9. The molecule has 1 amide bonds. The van der Waals surface area contributed by atoms with E-state index < -0.39 is 23.5 Å². The van der Waals surface area contributed by atoms with Crippen LogP contribution >= 0.6 is 0 Å². The molecule has 0 aliphatic heterocycles. The first-order chi connectivity index (χ1) is 13.3. The van der Waals surface area contributed by atoms with Crippen molar-refractivity contribution in [1.29, 1.82) is 0 Å². The lowest BCUT2D eigenvalue weighted by molar-refractivity contribution is -0.142. The summed E-state index contributed by atoms with van der Waals surface area (Å²) in [5.74, 6) is -0.732. The van der Waals surface area contributed by atoms with Crippen LogP contribution in [0.1, 0.15) is 37.3 Å². The fourth-order valence-electron chi connectivity index (χ4n) is 3.04. The SMILES string of the molecule is CCCC[C@H](NC(=O)Cc1c(C)c2c(OC)cc(OC)cc2oc1=O)C(=O)O. The molecule has 1 aromatic carbocycles. The summed E-state index contributed by atoms with van der Waals surface area (Å²) in [6.45, 7) is 3.63. The Morgan fingerprint density at radius 2 is 1.96 bits per heavy atom. The summed E-state index contributed by atoms with van der Waals surface area (Å²) in [7, 11) is 2.97. The molecule has 8 heteroatoms. The first-order valence-electron chi connectivity index (χ1n) is 9.02. The number of ether oxygens (including phenoxy) is 2. The van der Waals surface area contributed by atoms with Crippen molar-refractivity contribution in [2.75, 3.05) is 14.2 Å². The second-order valence-electron chi connectivity index (χ2n) is 6.47. The van der Waals surface area contributed by atoms with Crippen LogP contribution in [0.5, 0.6) is 11.5 Å². The largest absolute Gasteiger partial charge is 0.496 e. The molecular formula is C20H25NO7. The molecule has 1 aromatic heterocycles. The molecule has 0 bridgehead atoms. The van der Waals surface area contributed by atoms with E-state index in [2.05, 4.69) is 5.32 Å². The van der Waals surface area contributed by atoms with Gasteiger partial charge in [0.15, 0.2) is 0 Å². The number of carbonyl (C=O) groups excluding carboxylic acids is 1. The first kappa shape index (κ1) is 21.3. The van der Waals surface area contributed by atoms with Gasteiger partial charge < -0.3 is 24.3 Å². The van der Waals surface area contributed by atoms with Crippen molar-refractivity contribution in [1.82, 2.24) is 5.32 Å². The van der Waals surface area contributed by atoms with Crippen LogP contribution in [0.15, 0.2) is 21.3 Å². The van der Waals surface area contributed by atoms with Crippen LogP contribution in [0.2, 0.25) is 0 Å². The highest BCUT2D eigenvalue weighted by molar-refractivity contribution is 5.91. The molecule has 0 spiro atoms. The Hall–Kier alpha value is -3.03. The zero-order valence-electron chi connectivity index (χ0n) is 16.5. The molecule has 8 nitrogen and oxygen atoms in total. The van der Waals surface area contributed by atoms with Gasteiger partial charge in [-0.05, 0) is 18.9 Å². The van der Waals surface area contributed by atoms with E-state index in [0.717, 1.165) is 6.42 Å². The van der Waals surface area contributed by atoms with Crippen molar-refractivity contribution in [2.45, 2.75) is 45.6 Å². The van der Waals surface area contributed by atoms with Gasteiger partial charge in [0, 0.05) is 12.1 Å². The predicted molar refractivity (Wildman–Crippen MR) is 103 cm³/mol. The van der Waals surface area contributed by atoms with Gasteiger partial charge in [0.2, 0.25) is 5.91 Å². The molecule has 2 N–H and O–H groups in total. The summed E-state index contributed by atoms with van der Waals surface area (Å²) in [5, 5.41) is 12.3. The van der Waals surface area contributed by atoms with Crippen LogP contribution in [0, 0.1) is 6.92 Å². The highest BCUT2D eigenvalue weighted by Gasteiger charge is 2.22. The lowest BCUT2D eigenvalue weighted by atomic mass is 10.0. The molecule has 0 saturated heterocycles. The van der Waals surface area contributed by atoms with Crippen molar-refractivity contribution in [3.8, 4) is 11.5 Å². The monoisotopic (exact) mass is 391 g/mol. The second kappa shape index (κ2) is 9.25. The number of carbonyl (C=O) groups is 2. The Kier molecular flexibility index (Phi) is 7.03. The van der Waals surface area contributed by atoms with E-state index in [1.54, 1.807) is 19.1 Å². The Morgan fingerprint density at radius 3 is 2.54 bits per heavy atom. The van der Waals surface area contributed by atoms with Crippen molar-refractivity contribution in [3.63, 3.8) is 0 Å². The van der Waals surface area contributed by atoms with E-state index in [1.165, 1.54) is 14.2 Å².